The molecule has 0 saturated heterocycles. The van der Waals surface area contributed by atoms with Crippen molar-refractivity contribution in [1.82, 2.24) is 4.57 Å². The number of benzene rings is 7. The zero-order chi connectivity index (χ0) is 32.8. The minimum absolute atomic E-state index is 0.333. The quantitative estimate of drug-likeness (QED) is 0.182. The molecule has 0 radical (unpaired) electrons. The molecule has 0 fully saturated rings. The minimum atomic E-state index is -0.394. The van der Waals surface area contributed by atoms with Crippen LogP contribution >= 0.6 is 0 Å². The van der Waals surface area contributed by atoms with Crippen molar-refractivity contribution in [1.29, 1.82) is 0 Å². The fourth-order valence-corrected chi connectivity index (χ4v) is 9.44. The van der Waals surface area contributed by atoms with Crippen molar-refractivity contribution < 1.29 is 0 Å². The van der Waals surface area contributed by atoms with Gasteiger partial charge in [0.1, 0.15) is 0 Å². The number of para-hydroxylation sites is 1. The molecule has 0 aliphatic heterocycles. The summed E-state index contributed by atoms with van der Waals surface area (Å²) in [4.78, 5) is 0. The molecule has 234 valence electrons. The van der Waals surface area contributed by atoms with Gasteiger partial charge < -0.3 is 4.57 Å². The van der Waals surface area contributed by atoms with Gasteiger partial charge in [0.15, 0.2) is 0 Å². The monoisotopic (exact) mass is 635 g/mol. The van der Waals surface area contributed by atoms with Gasteiger partial charge in [0.2, 0.25) is 0 Å². The molecule has 1 heterocycles. The van der Waals surface area contributed by atoms with E-state index in [1.54, 1.807) is 0 Å². The minimum Gasteiger partial charge on any atom is -0.317 e. The zero-order valence-electron chi connectivity index (χ0n) is 27.6. The molecule has 8 aromatic rings. The second kappa shape index (κ2) is 10.4. The van der Waals surface area contributed by atoms with Crippen molar-refractivity contribution in [3.8, 4) is 39.1 Å². The van der Waals surface area contributed by atoms with E-state index in [1.807, 2.05) is 0 Å². The third-order valence-corrected chi connectivity index (χ3v) is 11.6. The summed E-state index contributed by atoms with van der Waals surface area (Å²) in [6.07, 6.45) is 7.84. The molecule has 0 bridgehead atoms. The van der Waals surface area contributed by atoms with E-state index in [0.717, 1.165) is 6.42 Å². The molecule has 0 amide bonds. The molecule has 1 atom stereocenters. The molecule has 3 aliphatic rings. The highest BCUT2D eigenvalue weighted by molar-refractivity contribution is 5.96. The Bertz CT molecular complexity index is 2640. The number of rotatable bonds is 3. The van der Waals surface area contributed by atoms with Crippen LogP contribution in [0, 0.1) is 0 Å². The summed E-state index contributed by atoms with van der Waals surface area (Å²) >= 11 is 0. The predicted molar refractivity (Wildman–Crippen MR) is 207 cm³/mol. The van der Waals surface area contributed by atoms with Gasteiger partial charge in [-0.15, -0.1) is 0 Å². The van der Waals surface area contributed by atoms with Gasteiger partial charge in [0.25, 0.3) is 0 Å². The Labute approximate surface area is 292 Å². The molecular formula is C49H33N. The van der Waals surface area contributed by atoms with Crippen LogP contribution in [0.4, 0.5) is 0 Å². The maximum Gasteiger partial charge on any atom is 0.0725 e. The molecule has 1 spiro atoms. The molecule has 7 aromatic carbocycles. The van der Waals surface area contributed by atoms with Crippen LogP contribution < -0.4 is 0 Å². The Kier molecular flexibility index (Phi) is 5.77. The highest BCUT2D eigenvalue weighted by Gasteiger charge is 2.51. The molecule has 1 nitrogen and oxygen atoms in total. The first-order chi connectivity index (χ1) is 24.8. The largest absolute Gasteiger partial charge is 0.317 e. The van der Waals surface area contributed by atoms with Crippen molar-refractivity contribution in [2.24, 2.45) is 0 Å². The van der Waals surface area contributed by atoms with Gasteiger partial charge in [0, 0.05) is 23.2 Å². The van der Waals surface area contributed by atoms with Crippen molar-refractivity contribution in [2.75, 3.05) is 0 Å². The maximum atomic E-state index is 2.56. The van der Waals surface area contributed by atoms with Crippen LogP contribution in [-0.2, 0) is 5.41 Å². The van der Waals surface area contributed by atoms with E-state index in [2.05, 4.69) is 187 Å². The summed E-state index contributed by atoms with van der Waals surface area (Å²) in [7, 11) is 0. The van der Waals surface area contributed by atoms with E-state index in [0.29, 0.717) is 5.92 Å². The van der Waals surface area contributed by atoms with E-state index >= 15 is 0 Å². The van der Waals surface area contributed by atoms with Crippen molar-refractivity contribution in [2.45, 2.75) is 17.8 Å². The second-order valence-electron chi connectivity index (χ2n) is 14.0. The molecule has 1 heteroatoms. The lowest BCUT2D eigenvalue weighted by molar-refractivity contribution is 0.778. The molecule has 1 aromatic heterocycles. The van der Waals surface area contributed by atoms with Crippen LogP contribution in [0.1, 0.15) is 51.3 Å². The van der Waals surface area contributed by atoms with Gasteiger partial charge in [-0.05, 0) is 115 Å². The number of aromatic nitrogens is 1. The van der Waals surface area contributed by atoms with Crippen LogP contribution in [0.2, 0.25) is 0 Å². The molecule has 3 aliphatic carbocycles. The van der Waals surface area contributed by atoms with Crippen molar-refractivity contribution in [3.05, 3.63) is 215 Å². The summed E-state index contributed by atoms with van der Waals surface area (Å²) in [5.74, 6) is 0.333. The summed E-state index contributed by atoms with van der Waals surface area (Å²) in [6.45, 7) is 0. The SMILES string of the molecule is C1=Cc2ccccc2C(c2ccc3c(c2)C2(c4ccccc4-c4ccccc42)c2cc(-c4ccc5c(ccn5-c5ccccc5)c4)ccc2-3)C1. The van der Waals surface area contributed by atoms with E-state index < -0.39 is 5.41 Å². The van der Waals surface area contributed by atoms with Crippen LogP contribution in [0.5, 0.6) is 0 Å². The summed E-state index contributed by atoms with van der Waals surface area (Å²) in [5, 5.41) is 1.24. The Balaban J connectivity index is 1.13. The van der Waals surface area contributed by atoms with Crippen LogP contribution in [-0.4, -0.2) is 4.57 Å². The molecule has 1 unspecified atom stereocenters. The molecular weight excluding hydrogens is 603 g/mol. The third-order valence-electron chi connectivity index (χ3n) is 11.6. The van der Waals surface area contributed by atoms with Crippen molar-refractivity contribution >= 4 is 17.0 Å². The topological polar surface area (TPSA) is 4.93 Å². The number of fused-ring (bicyclic) bond motifs is 12. The second-order valence-corrected chi connectivity index (χ2v) is 14.0. The molecule has 11 rings (SSSR count). The average Bonchev–Trinajstić information content (AvgIpc) is 3.84. The Hall–Kier alpha value is -6.18. The fraction of sp³-hybridized carbons (Fsp3) is 0.0612. The average molecular weight is 636 g/mol. The third kappa shape index (κ3) is 3.72. The Morgan fingerprint density at radius 1 is 0.500 bits per heavy atom. The zero-order valence-corrected chi connectivity index (χ0v) is 27.6. The van der Waals surface area contributed by atoms with Crippen LogP contribution in [0.3, 0.4) is 0 Å². The normalized spacial score (nSPS) is 15.8. The summed E-state index contributed by atoms with van der Waals surface area (Å²) < 4.78 is 2.28. The van der Waals surface area contributed by atoms with E-state index in [-0.39, 0.29) is 0 Å². The highest BCUT2D eigenvalue weighted by atomic mass is 15.0. The van der Waals surface area contributed by atoms with Crippen LogP contribution in [0.15, 0.2) is 176 Å². The number of hydrogen-bond acceptors (Lipinski definition) is 0. The first kappa shape index (κ1) is 27.7. The van der Waals surface area contributed by atoms with E-state index in [1.165, 1.54) is 88.9 Å². The van der Waals surface area contributed by atoms with E-state index in [4.69, 9.17) is 0 Å². The lowest BCUT2D eigenvalue weighted by Crippen LogP contribution is -2.26. The molecule has 0 N–H and O–H groups in total. The molecule has 50 heavy (non-hydrogen) atoms. The van der Waals surface area contributed by atoms with Gasteiger partial charge in [0.05, 0.1) is 10.9 Å². The van der Waals surface area contributed by atoms with Gasteiger partial charge in [-0.2, -0.15) is 0 Å². The lowest BCUT2D eigenvalue weighted by Gasteiger charge is -2.32. The Morgan fingerprint density at radius 3 is 1.96 bits per heavy atom. The Morgan fingerprint density at radius 2 is 1.14 bits per heavy atom. The van der Waals surface area contributed by atoms with Gasteiger partial charge in [-0.3, -0.25) is 0 Å². The number of nitrogens with zero attached hydrogens (tertiary/aromatic N) is 1. The van der Waals surface area contributed by atoms with Crippen LogP contribution in [0.25, 0.3) is 56.0 Å². The van der Waals surface area contributed by atoms with Gasteiger partial charge >= 0.3 is 0 Å². The first-order valence-corrected chi connectivity index (χ1v) is 17.7. The van der Waals surface area contributed by atoms with Crippen molar-refractivity contribution in [3.63, 3.8) is 0 Å². The predicted octanol–water partition coefficient (Wildman–Crippen LogP) is 12.2. The number of hydrogen-bond donors (Lipinski definition) is 0. The lowest BCUT2D eigenvalue weighted by atomic mass is 9.69. The summed E-state index contributed by atoms with van der Waals surface area (Å²) in [6, 6.07) is 61.5. The smallest absolute Gasteiger partial charge is 0.0725 e. The maximum absolute atomic E-state index is 2.56. The number of allylic oxidation sites excluding steroid dienone is 1. The standard InChI is InChI=1S/C49H33N/c1-2-13-37(14-3-1)50-28-27-36-29-33(23-26-48(36)50)34-21-24-42-43-25-22-35(39-18-10-12-32-11-4-5-15-38(32)39)31-47(43)49(46(42)30-34)44-19-8-6-16-40(44)41-17-7-9-20-45(41)49/h1-17,19-31,39H,18H2. The van der Waals surface area contributed by atoms with Gasteiger partial charge in [-0.25, -0.2) is 0 Å². The first-order valence-electron chi connectivity index (χ1n) is 17.7. The highest BCUT2D eigenvalue weighted by Crippen LogP contribution is 2.63. The van der Waals surface area contributed by atoms with Gasteiger partial charge in [-0.1, -0.05) is 140 Å². The summed E-state index contributed by atoms with van der Waals surface area (Å²) in [5.41, 5.74) is 19.5. The van der Waals surface area contributed by atoms with E-state index in [9.17, 15) is 0 Å². The molecule has 0 saturated carbocycles. The fourth-order valence-electron chi connectivity index (χ4n) is 9.44.